The molecule has 1 saturated heterocycles. The Kier molecular flexibility index (Phi) is 6.03. The number of nitrogen functional groups attached to an aromatic ring is 1. The Hall–Kier alpha value is -3.72. The lowest BCUT2D eigenvalue weighted by molar-refractivity contribution is 0.174. The Morgan fingerprint density at radius 2 is 1.79 bits per heavy atom. The molecule has 9 nitrogen and oxygen atoms in total. The highest BCUT2D eigenvalue weighted by molar-refractivity contribution is 5.78. The average Bonchev–Trinajstić information content (AvgIpc) is 3.31. The number of hydrogen-bond acceptors (Lipinski definition) is 9. The van der Waals surface area contributed by atoms with Crippen molar-refractivity contribution in [1.82, 2.24) is 14.9 Å². The number of hydrogen-bond donors (Lipinski definition) is 2. The molecule has 0 unspecified atom stereocenters. The number of rotatable bonds is 7. The van der Waals surface area contributed by atoms with Crippen LogP contribution in [-0.4, -0.2) is 54.4 Å². The second-order valence-corrected chi connectivity index (χ2v) is 7.99. The van der Waals surface area contributed by atoms with Crippen LogP contribution in [0.15, 0.2) is 48.8 Å². The van der Waals surface area contributed by atoms with E-state index in [0.29, 0.717) is 24.9 Å². The van der Waals surface area contributed by atoms with Gasteiger partial charge in [0.2, 0.25) is 6.79 Å². The Balaban J connectivity index is 1.21. The van der Waals surface area contributed by atoms with E-state index in [0.717, 1.165) is 61.5 Å². The van der Waals surface area contributed by atoms with Crippen molar-refractivity contribution in [3.63, 3.8) is 0 Å². The summed E-state index contributed by atoms with van der Waals surface area (Å²) < 4.78 is 16.4. The summed E-state index contributed by atoms with van der Waals surface area (Å²) in [6.45, 7) is 7.29. The first kappa shape index (κ1) is 21.1. The van der Waals surface area contributed by atoms with Crippen LogP contribution >= 0.6 is 0 Å². The first-order valence-electron chi connectivity index (χ1n) is 11.2. The van der Waals surface area contributed by atoms with E-state index in [1.54, 1.807) is 6.33 Å². The van der Waals surface area contributed by atoms with Crippen molar-refractivity contribution in [1.29, 1.82) is 0 Å². The molecule has 0 radical (unpaired) electrons. The normalized spacial score (nSPS) is 15.5. The molecule has 0 amide bonds. The molecule has 172 valence electrons. The van der Waals surface area contributed by atoms with Gasteiger partial charge in [-0.1, -0.05) is 6.07 Å². The molecule has 2 aliphatic heterocycles. The highest BCUT2D eigenvalue weighted by atomic mass is 16.7. The molecular weight excluding hydrogens is 420 g/mol. The fourth-order valence-electron chi connectivity index (χ4n) is 4.09. The number of nitrogens with two attached hydrogens (primary N) is 1. The van der Waals surface area contributed by atoms with Crippen LogP contribution < -0.4 is 30.2 Å². The van der Waals surface area contributed by atoms with Crippen LogP contribution in [0.5, 0.6) is 17.2 Å². The molecule has 3 heterocycles. The Bertz CT molecular complexity index is 1100. The van der Waals surface area contributed by atoms with Gasteiger partial charge in [-0.3, -0.25) is 4.90 Å². The maximum atomic E-state index is 6.46. The lowest BCUT2D eigenvalue weighted by atomic mass is 10.1. The van der Waals surface area contributed by atoms with Crippen LogP contribution in [0, 0.1) is 0 Å². The third-order valence-corrected chi connectivity index (χ3v) is 5.81. The smallest absolute Gasteiger partial charge is 0.231 e. The van der Waals surface area contributed by atoms with Crippen molar-refractivity contribution in [2.75, 3.05) is 55.5 Å². The number of nitrogens with one attached hydrogen (secondary N) is 1. The van der Waals surface area contributed by atoms with Crippen molar-refractivity contribution < 1.29 is 14.2 Å². The van der Waals surface area contributed by atoms with Gasteiger partial charge in [-0.15, -0.1) is 0 Å². The van der Waals surface area contributed by atoms with Gasteiger partial charge in [0.05, 0.1) is 6.61 Å². The molecule has 0 atom stereocenters. The molecular formula is C24H28N6O3. The van der Waals surface area contributed by atoms with Gasteiger partial charge in [0.15, 0.2) is 23.1 Å². The molecule has 3 N–H and O–H groups in total. The van der Waals surface area contributed by atoms with E-state index >= 15 is 0 Å². The summed E-state index contributed by atoms with van der Waals surface area (Å²) >= 11 is 0. The number of piperazine rings is 1. The van der Waals surface area contributed by atoms with Crippen LogP contribution in [0.3, 0.4) is 0 Å². The van der Waals surface area contributed by atoms with E-state index in [1.807, 2.05) is 37.3 Å². The van der Waals surface area contributed by atoms with E-state index in [-0.39, 0.29) is 0 Å². The van der Waals surface area contributed by atoms with E-state index in [1.165, 1.54) is 5.56 Å². The molecule has 0 spiro atoms. The molecule has 2 aromatic carbocycles. The number of ether oxygens (including phenoxy) is 3. The van der Waals surface area contributed by atoms with Crippen molar-refractivity contribution >= 4 is 23.0 Å². The zero-order valence-electron chi connectivity index (χ0n) is 18.7. The summed E-state index contributed by atoms with van der Waals surface area (Å²) in [6.07, 6.45) is 1.56. The number of aromatic nitrogens is 2. The monoisotopic (exact) mass is 448 g/mol. The standard InChI is InChI=1S/C24H28N6O3/c1-2-31-19-6-4-18(5-7-19)28-23-22(25)24(27-15-26-23)30-11-9-29(10-12-30)14-17-3-8-20-21(13-17)33-16-32-20/h3-8,13,15H,2,9-12,14,16,25H2,1H3,(H,26,27,28). The zero-order chi connectivity index (χ0) is 22.6. The van der Waals surface area contributed by atoms with E-state index in [2.05, 4.69) is 37.2 Å². The lowest BCUT2D eigenvalue weighted by Gasteiger charge is -2.36. The molecule has 3 aromatic rings. The average molecular weight is 449 g/mol. The van der Waals surface area contributed by atoms with Gasteiger partial charge in [0, 0.05) is 38.4 Å². The van der Waals surface area contributed by atoms with Crippen LogP contribution in [-0.2, 0) is 6.54 Å². The lowest BCUT2D eigenvalue weighted by Crippen LogP contribution is -2.46. The quantitative estimate of drug-likeness (QED) is 0.564. The van der Waals surface area contributed by atoms with Gasteiger partial charge >= 0.3 is 0 Å². The summed E-state index contributed by atoms with van der Waals surface area (Å²) in [4.78, 5) is 13.5. The number of anilines is 4. The third-order valence-electron chi connectivity index (χ3n) is 5.81. The molecule has 0 saturated carbocycles. The fraction of sp³-hybridized carbons (Fsp3) is 0.333. The van der Waals surface area contributed by atoms with Crippen LogP contribution in [0.1, 0.15) is 12.5 Å². The summed E-state index contributed by atoms with van der Waals surface area (Å²) in [5.41, 5.74) is 9.12. The summed E-state index contributed by atoms with van der Waals surface area (Å²) in [5.74, 6) is 3.84. The van der Waals surface area contributed by atoms with Crippen LogP contribution in [0.2, 0.25) is 0 Å². The molecule has 2 aliphatic rings. The molecule has 5 rings (SSSR count). The maximum Gasteiger partial charge on any atom is 0.231 e. The summed E-state index contributed by atoms with van der Waals surface area (Å²) in [6, 6.07) is 13.9. The van der Waals surface area contributed by atoms with Gasteiger partial charge in [-0.25, -0.2) is 9.97 Å². The van der Waals surface area contributed by atoms with Crippen LogP contribution in [0.4, 0.5) is 23.0 Å². The minimum atomic E-state index is 0.299. The van der Waals surface area contributed by atoms with Crippen molar-refractivity contribution in [2.24, 2.45) is 0 Å². The van der Waals surface area contributed by atoms with Gasteiger partial charge in [-0.2, -0.15) is 0 Å². The molecule has 0 bridgehead atoms. The van der Waals surface area contributed by atoms with Gasteiger partial charge < -0.3 is 30.2 Å². The first-order chi connectivity index (χ1) is 16.2. The highest BCUT2D eigenvalue weighted by Gasteiger charge is 2.22. The van der Waals surface area contributed by atoms with Crippen molar-refractivity contribution in [3.8, 4) is 17.2 Å². The zero-order valence-corrected chi connectivity index (χ0v) is 18.7. The van der Waals surface area contributed by atoms with E-state index in [4.69, 9.17) is 19.9 Å². The van der Waals surface area contributed by atoms with E-state index in [9.17, 15) is 0 Å². The summed E-state index contributed by atoms with van der Waals surface area (Å²) in [7, 11) is 0. The topological polar surface area (TPSA) is 98.0 Å². The third kappa shape index (κ3) is 4.73. The first-order valence-corrected chi connectivity index (χ1v) is 11.2. The molecule has 1 fully saturated rings. The second kappa shape index (κ2) is 9.41. The maximum absolute atomic E-state index is 6.46. The van der Waals surface area contributed by atoms with Gasteiger partial charge in [-0.05, 0) is 48.9 Å². The largest absolute Gasteiger partial charge is 0.494 e. The Morgan fingerprint density at radius 1 is 1.00 bits per heavy atom. The molecule has 33 heavy (non-hydrogen) atoms. The minimum absolute atomic E-state index is 0.299. The Morgan fingerprint density at radius 3 is 2.58 bits per heavy atom. The second-order valence-electron chi connectivity index (χ2n) is 7.99. The number of fused-ring (bicyclic) bond motifs is 1. The van der Waals surface area contributed by atoms with Crippen molar-refractivity contribution in [2.45, 2.75) is 13.5 Å². The van der Waals surface area contributed by atoms with Crippen molar-refractivity contribution in [3.05, 3.63) is 54.4 Å². The molecule has 0 aliphatic carbocycles. The fourth-order valence-corrected chi connectivity index (χ4v) is 4.09. The molecule has 9 heteroatoms. The Labute approximate surface area is 193 Å². The summed E-state index contributed by atoms with van der Waals surface area (Å²) in [5, 5.41) is 3.29. The minimum Gasteiger partial charge on any atom is -0.494 e. The van der Waals surface area contributed by atoms with E-state index < -0.39 is 0 Å². The number of nitrogens with zero attached hydrogens (tertiary/aromatic N) is 4. The van der Waals surface area contributed by atoms with Crippen LogP contribution in [0.25, 0.3) is 0 Å². The predicted octanol–water partition coefficient (Wildman–Crippen LogP) is 3.25. The predicted molar refractivity (Wildman–Crippen MR) is 127 cm³/mol. The highest BCUT2D eigenvalue weighted by Crippen LogP contribution is 2.33. The van der Waals surface area contributed by atoms with Gasteiger partial charge in [0.25, 0.3) is 0 Å². The number of benzene rings is 2. The van der Waals surface area contributed by atoms with Gasteiger partial charge in [0.1, 0.15) is 17.8 Å². The molecule has 1 aromatic heterocycles. The SMILES string of the molecule is CCOc1ccc(Nc2ncnc(N3CCN(Cc4ccc5c(c4)OCO5)CC3)c2N)cc1.